The highest BCUT2D eigenvalue weighted by molar-refractivity contribution is 5.39. The fraction of sp³-hybridized carbons (Fsp3) is 0.333. The van der Waals surface area contributed by atoms with Gasteiger partial charge < -0.3 is 9.84 Å². The topological polar surface area (TPSA) is 29.5 Å². The van der Waals surface area contributed by atoms with Gasteiger partial charge in [-0.3, -0.25) is 0 Å². The standard InChI is InChI=1S/C18H21FO2/c1-4-12-6-7-14(10-13(12)5-2)18(20)16-9-8-15(21-3)11-17(16)19/h6-11,18,20H,4-5H2,1-3H3. The molecular formula is C18H21FO2. The van der Waals surface area contributed by atoms with Crippen LogP contribution in [0, 0.1) is 5.82 Å². The van der Waals surface area contributed by atoms with Gasteiger partial charge in [0, 0.05) is 11.6 Å². The Morgan fingerprint density at radius 3 is 2.33 bits per heavy atom. The second kappa shape index (κ2) is 6.72. The molecule has 112 valence electrons. The van der Waals surface area contributed by atoms with E-state index in [0.717, 1.165) is 12.8 Å². The Bertz CT molecular complexity index is 623. The maximum atomic E-state index is 14.1. The Labute approximate surface area is 125 Å². The molecule has 0 aromatic heterocycles. The molecule has 1 atom stereocenters. The SMILES string of the molecule is CCc1ccc(C(O)c2ccc(OC)cc2F)cc1CC. The van der Waals surface area contributed by atoms with E-state index in [-0.39, 0.29) is 5.56 Å². The molecule has 2 rings (SSSR count). The van der Waals surface area contributed by atoms with Gasteiger partial charge in [-0.05, 0) is 41.7 Å². The van der Waals surface area contributed by atoms with Gasteiger partial charge in [0.1, 0.15) is 17.7 Å². The second-order valence-corrected chi connectivity index (χ2v) is 5.03. The highest BCUT2D eigenvalue weighted by Crippen LogP contribution is 2.28. The maximum absolute atomic E-state index is 14.1. The van der Waals surface area contributed by atoms with Crippen molar-refractivity contribution >= 4 is 0 Å². The Kier molecular flexibility index (Phi) is 4.97. The van der Waals surface area contributed by atoms with E-state index in [1.165, 1.54) is 24.3 Å². The van der Waals surface area contributed by atoms with E-state index in [9.17, 15) is 9.50 Å². The first-order valence-electron chi connectivity index (χ1n) is 7.23. The molecule has 1 unspecified atom stereocenters. The van der Waals surface area contributed by atoms with Crippen LogP contribution in [0.1, 0.15) is 42.2 Å². The molecule has 0 heterocycles. The van der Waals surface area contributed by atoms with E-state index < -0.39 is 11.9 Å². The molecule has 2 aromatic carbocycles. The number of aryl methyl sites for hydroxylation is 2. The van der Waals surface area contributed by atoms with Crippen molar-refractivity contribution in [3.63, 3.8) is 0 Å². The normalized spacial score (nSPS) is 12.2. The molecule has 0 fully saturated rings. The van der Waals surface area contributed by atoms with Gasteiger partial charge in [-0.2, -0.15) is 0 Å². The van der Waals surface area contributed by atoms with Crippen molar-refractivity contribution in [3.8, 4) is 5.75 Å². The van der Waals surface area contributed by atoms with Crippen LogP contribution in [-0.4, -0.2) is 12.2 Å². The van der Waals surface area contributed by atoms with Gasteiger partial charge in [0.2, 0.25) is 0 Å². The lowest BCUT2D eigenvalue weighted by Crippen LogP contribution is -2.04. The smallest absolute Gasteiger partial charge is 0.133 e. The second-order valence-electron chi connectivity index (χ2n) is 5.03. The van der Waals surface area contributed by atoms with Crippen LogP contribution in [0.15, 0.2) is 36.4 Å². The zero-order chi connectivity index (χ0) is 15.4. The number of aliphatic hydroxyl groups is 1. The zero-order valence-corrected chi connectivity index (χ0v) is 12.7. The largest absolute Gasteiger partial charge is 0.497 e. The average Bonchev–Trinajstić information content (AvgIpc) is 2.53. The van der Waals surface area contributed by atoms with Crippen molar-refractivity contribution in [2.45, 2.75) is 32.8 Å². The van der Waals surface area contributed by atoms with Crippen molar-refractivity contribution in [2.24, 2.45) is 0 Å². The molecule has 21 heavy (non-hydrogen) atoms. The quantitative estimate of drug-likeness (QED) is 0.899. The fourth-order valence-electron chi connectivity index (χ4n) is 2.53. The predicted octanol–water partition coefficient (Wildman–Crippen LogP) is 4.04. The highest BCUT2D eigenvalue weighted by atomic mass is 19.1. The summed E-state index contributed by atoms with van der Waals surface area (Å²) in [7, 11) is 1.49. The number of halogens is 1. The highest BCUT2D eigenvalue weighted by Gasteiger charge is 2.16. The van der Waals surface area contributed by atoms with Crippen molar-refractivity contribution in [1.29, 1.82) is 0 Å². The van der Waals surface area contributed by atoms with Crippen LogP contribution in [0.3, 0.4) is 0 Å². The molecule has 0 aliphatic heterocycles. The molecular weight excluding hydrogens is 267 g/mol. The van der Waals surface area contributed by atoms with E-state index in [4.69, 9.17) is 4.74 Å². The van der Waals surface area contributed by atoms with Crippen LogP contribution in [0.2, 0.25) is 0 Å². The van der Waals surface area contributed by atoms with E-state index >= 15 is 0 Å². The number of benzene rings is 2. The molecule has 0 aliphatic carbocycles. The summed E-state index contributed by atoms with van der Waals surface area (Å²) in [6.07, 6.45) is 0.887. The lowest BCUT2D eigenvalue weighted by atomic mass is 9.94. The number of aliphatic hydroxyl groups excluding tert-OH is 1. The van der Waals surface area contributed by atoms with Crippen molar-refractivity contribution in [1.82, 2.24) is 0 Å². The number of hydrogen-bond acceptors (Lipinski definition) is 2. The first kappa shape index (κ1) is 15.5. The summed E-state index contributed by atoms with van der Waals surface area (Å²) in [4.78, 5) is 0. The predicted molar refractivity (Wildman–Crippen MR) is 82.2 cm³/mol. The van der Waals surface area contributed by atoms with E-state index in [1.807, 2.05) is 18.2 Å². The van der Waals surface area contributed by atoms with Gasteiger partial charge in [-0.15, -0.1) is 0 Å². The molecule has 0 amide bonds. The van der Waals surface area contributed by atoms with Gasteiger partial charge in [0.05, 0.1) is 7.11 Å². The maximum Gasteiger partial charge on any atom is 0.133 e. The van der Waals surface area contributed by atoms with E-state index in [1.54, 1.807) is 12.1 Å². The Morgan fingerprint density at radius 1 is 1.05 bits per heavy atom. The summed E-state index contributed by atoms with van der Waals surface area (Å²) in [6, 6.07) is 10.4. The van der Waals surface area contributed by atoms with Gasteiger partial charge in [0.25, 0.3) is 0 Å². The van der Waals surface area contributed by atoms with Crippen LogP contribution >= 0.6 is 0 Å². The van der Waals surface area contributed by atoms with Crippen LogP contribution in [0.25, 0.3) is 0 Å². The van der Waals surface area contributed by atoms with Crippen LogP contribution in [0.4, 0.5) is 4.39 Å². The number of hydrogen-bond donors (Lipinski definition) is 1. The molecule has 0 aliphatic rings. The minimum Gasteiger partial charge on any atom is -0.497 e. The molecule has 2 aromatic rings. The van der Waals surface area contributed by atoms with Crippen LogP contribution in [-0.2, 0) is 12.8 Å². The van der Waals surface area contributed by atoms with Crippen LogP contribution < -0.4 is 4.74 Å². The molecule has 0 bridgehead atoms. The molecule has 0 saturated carbocycles. The Hall–Kier alpha value is -1.87. The molecule has 0 spiro atoms. The van der Waals surface area contributed by atoms with Crippen molar-refractivity contribution < 1.29 is 14.2 Å². The minimum absolute atomic E-state index is 0.266. The number of methoxy groups -OCH3 is 1. The van der Waals surface area contributed by atoms with Gasteiger partial charge in [-0.1, -0.05) is 32.0 Å². The summed E-state index contributed by atoms with van der Waals surface area (Å²) in [5.74, 6) is -0.0153. The molecule has 2 nitrogen and oxygen atoms in total. The minimum atomic E-state index is -0.966. The van der Waals surface area contributed by atoms with Gasteiger partial charge in [0.15, 0.2) is 0 Å². The summed E-state index contributed by atoms with van der Waals surface area (Å²) in [5.41, 5.74) is 3.45. The van der Waals surface area contributed by atoms with E-state index in [0.29, 0.717) is 11.3 Å². The lowest BCUT2D eigenvalue weighted by Gasteiger charge is -2.16. The Morgan fingerprint density at radius 2 is 1.76 bits per heavy atom. The van der Waals surface area contributed by atoms with Gasteiger partial charge >= 0.3 is 0 Å². The third kappa shape index (κ3) is 3.24. The van der Waals surface area contributed by atoms with Crippen molar-refractivity contribution in [3.05, 3.63) is 64.5 Å². The summed E-state index contributed by atoms with van der Waals surface area (Å²) in [5, 5.41) is 10.4. The Balaban J connectivity index is 2.37. The summed E-state index contributed by atoms with van der Waals surface area (Å²) < 4.78 is 19.0. The fourth-order valence-corrected chi connectivity index (χ4v) is 2.53. The zero-order valence-electron chi connectivity index (χ0n) is 12.7. The van der Waals surface area contributed by atoms with Crippen molar-refractivity contribution in [2.75, 3.05) is 7.11 Å². The molecule has 3 heteroatoms. The first-order valence-corrected chi connectivity index (χ1v) is 7.23. The first-order chi connectivity index (χ1) is 10.1. The van der Waals surface area contributed by atoms with Crippen LogP contribution in [0.5, 0.6) is 5.75 Å². The number of ether oxygens (including phenoxy) is 1. The summed E-state index contributed by atoms with van der Waals surface area (Å²) >= 11 is 0. The van der Waals surface area contributed by atoms with Gasteiger partial charge in [-0.25, -0.2) is 4.39 Å². The molecule has 0 radical (unpaired) electrons. The van der Waals surface area contributed by atoms with E-state index in [2.05, 4.69) is 13.8 Å². The summed E-state index contributed by atoms with van der Waals surface area (Å²) in [6.45, 7) is 4.19. The third-order valence-corrected chi connectivity index (χ3v) is 3.81. The average molecular weight is 288 g/mol. The lowest BCUT2D eigenvalue weighted by molar-refractivity contribution is 0.214. The third-order valence-electron chi connectivity index (χ3n) is 3.81. The molecule has 1 N–H and O–H groups in total. The number of rotatable bonds is 5. The monoisotopic (exact) mass is 288 g/mol. The molecule has 0 saturated heterocycles.